The molecule has 0 spiro atoms. The number of halogens is 1. The Hall–Kier alpha value is -0.860. The van der Waals surface area contributed by atoms with E-state index in [9.17, 15) is 4.79 Å². The minimum atomic E-state index is -0.0758. The molecule has 0 heterocycles. The zero-order valence-corrected chi connectivity index (χ0v) is 9.79. The molecule has 0 bridgehead atoms. The van der Waals surface area contributed by atoms with E-state index in [0.29, 0.717) is 22.9 Å². The van der Waals surface area contributed by atoms with E-state index < -0.39 is 0 Å². The molecule has 0 radical (unpaired) electrons. The van der Waals surface area contributed by atoms with E-state index in [1.807, 2.05) is 13.8 Å². The maximum atomic E-state index is 11.7. The van der Waals surface area contributed by atoms with Crippen LogP contribution in [0.25, 0.3) is 0 Å². The molecule has 1 unspecified atom stereocenters. The Labute approximate surface area is 95.4 Å². The van der Waals surface area contributed by atoms with Crippen LogP contribution in [0.4, 0.5) is 0 Å². The number of nitrogens with two attached hydrogens (primary N) is 1. The molecule has 0 saturated heterocycles. The van der Waals surface area contributed by atoms with Crippen molar-refractivity contribution in [1.29, 1.82) is 0 Å². The lowest BCUT2D eigenvalue weighted by Crippen LogP contribution is -2.29. The van der Waals surface area contributed by atoms with Crippen LogP contribution >= 0.6 is 11.6 Å². The molecule has 0 aliphatic carbocycles. The van der Waals surface area contributed by atoms with Gasteiger partial charge in [0.2, 0.25) is 0 Å². The molecule has 15 heavy (non-hydrogen) atoms. The van der Waals surface area contributed by atoms with Gasteiger partial charge in [-0.05, 0) is 30.2 Å². The summed E-state index contributed by atoms with van der Waals surface area (Å²) in [5, 5.41) is 0.639. The second kappa shape index (κ2) is 5.29. The van der Waals surface area contributed by atoms with Gasteiger partial charge in [-0.3, -0.25) is 4.79 Å². The monoisotopic (exact) mass is 225 g/mol. The summed E-state index contributed by atoms with van der Waals surface area (Å²) in [4.78, 5) is 11.7. The summed E-state index contributed by atoms with van der Waals surface area (Å²) in [6.07, 6.45) is 0.388. The van der Waals surface area contributed by atoms with Crippen LogP contribution < -0.4 is 5.73 Å². The van der Waals surface area contributed by atoms with Gasteiger partial charge in [0.05, 0.1) is 0 Å². The number of carbonyl (C=O) groups is 1. The Bertz CT molecular complexity index is 332. The predicted octanol–water partition coefficient (Wildman–Crippen LogP) is 2.90. The molecular weight excluding hydrogens is 210 g/mol. The minimum Gasteiger partial charge on any atom is -0.327 e. The van der Waals surface area contributed by atoms with Crippen molar-refractivity contribution >= 4 is 17.4 Å². The second-order valence-corrected chi connectivity index (χ2v) is 4.48. The second-order valence-electron chi connectivity index (χ2n) is 4.04. The molecule has 0 fully saturated rings. The molecular formula is C12H16ClNO. The highest BCUT2D eigenvalue weighted by molar-refractivity contribution is 6.30. The fraction of sp³-hybridized carbons (Fsp3) is 0.417. The zero-order valence-electron chi connectivity index (χ0n) is 9.03. The van der Waals surface area contributed by atoms with Gasteiger partial charge in [0, 0.05) is 23.0 Å². The fourth-order valence-corrected chi connectivity index (χ4v) is 1.33. The molecule has 0 aliphatic rings. The number of hydrogen-bond donors (Lipinski definition) is 1. The van der Waals surface area contributed by atoms with Crippen molar-refractivity contribution in [2.75, 3.05) is 0 Å². The molecule has 2 N–H and O–H groups in total. The van der Waals surface area contributed by atoms with E-state index in [0.717, 1.165) is 0 Å². The van der Waals surface area contributed by atoms with E-state index in [1.165, 1.54) is 0 Å². The Balaban J connectivity index is 2.65. The average molecular weight is 226 g/mol. The fourth-order valence-electron chi connectivity index (χ4n) is 1.20. The molecule has 1 aromatic rings. The molecule has 3 heteroatoms. The van der Waals surface area contributed by atoms with E-state index in [2.05, 4.69) is 0 Å². The highest BCUT2D eigenvalue weighted by Gasteiger charge is 2.14. The van der Waals surface area contributed by atoms with Gasteiger partial charge in [0.25, 0.3) is 0 Å². The lowest BCUT2D eigenvalue weighted by molar-refractivity contribution is 0.0967. The van der Waals surface area contributed by atoms with Crippen molar-refractivity contribution < 1.29 is 4.79 Å². The smallest absolute Gasteiger partial charge is 0.164 e. The van der Waals surface area contributed by atoms with Crippen LogP contribution in [0.1, 0.15) is 30.6 Å². The predicted molar refractivity (Wildman–Crippen MR) is 63.2 cm³/mol. The van der Waals surface area contributed by atoms with Crippen molar-refractivity contribution in [3.8, 4) is 0 Å². The van der Waals surface area contributed by atoms with Gasteiger partial charge >= 0.3 is 0 Å². The Morgan fingerprint density at radius 3 is 2.33 bits per heavy atom. The van der Waals surface area contributed by atoms with E-state index in [1.54, 1.807) is 24.3 Å². The number of ketones is 1. The lowest BCUT2D eigenvalue weighted by Gasteiger charge is -2.14. The van der Waals surface area contributed by atoms with E-state index in [-0.39, 0.29) is 11.8 Å². The van der Waals surface area contributed by atoms with Crippen LogP contribution in [0.2, 0.25) is 5.02 Å². The third-order valence-electron chi connectivity index (χ3n) is 2.44. The van der Waals surface area contributed by atoms with Gasteiger partial charge in [-0.1, -0.05) is 25.4 Å². The Morgan fingerprint density at radius 1 is 1.33 bits per heavy atom. The maximum absolute atomic E-state index is 11.7. The Morgan fingerprint density at radius 2 is 1.87 bits per heavy atom. The van der Waals surface area contributed by atoms with Crippen LogP contribution in [0.5, 0.6) is 0 Å². The summed E-state index contributed by atoms with van der Waals surface area (Å²) in [5.74, 6) is 0.397. The number of hydrogen-bond acceptors (Lipinski definition) is 2. The molecule has 1 atom stereocenters. The average Bonchev–Trinajstić information content (AvgIpc) is 2.18. The van der Waals surface area contributed by atoms with E-state index >= 15 is 0 Å². The molecule has 0 aliphatic heterocycles. The zero-order chi connectivity index (χ0) is 11.4. The van der Waals surface area contributed by atoms with Crippen LogP contribution in [-0.2, 0) is 0 Å². The number of rotatable bonds is 4. The van der Waals surface area contributed by atoms with Crippen LogP contribution in [0.15, 0.2) is 24.3 Å². The molecule has 1 rings (SSSR count). The van der Waals surface area contributed by atoms with Gasteiger partial charge in [0.1, 0.15) is 0 Å². The van der Waals surface area contributed by atoms with Crippen LogP contribution in [-0.4, -0.2) is 11.8 Å². The van der Waals surface area contributed by atoms with Gasteiger partial charge in [-0.15, -0.1) is 0 Å². The Kier molecular flexibility index (Phi) is 4.30. The van der Waals surface area contributed by atoms with Crippen molar-refractivity contribution in [2.24, 2.45) is 11.7 Å². The third kappa shape index (κ3) is 3.65. The summed E-state index contributed by atoms with van der Waals surface area (Å²) in [6.45, 7) is 4.03. The summed E-state index contributed by atoms with van der Waals surface area (Å²) >= 11 is 5.74. The van der Waals surface area contributed by atoms with Crippen molar-refractivity contribution in [1.82, 2.24) is 0 Å². The maximum Gasteiger partial charge on any atom is 0.164 e. The molecule has 82 valence electrons. The normalized spacial score (nSPS) is 12.9. The standard InChI is InChI=1S/C12H16ClNO/c1-8(2)11(14)7-12(15)9-3-5-10(13)6-4-9/h3-6,8,11H,7,14H2,1-2H3. The molecule has 0 saturated carbocycles. The summed E-state index contributed by atoms with van der Waals surface area (Å²) in [5.41, 5.74) is 6.51. The van der Waals surface area contributed by atoms with Crippen LogP contribution in [0.3, 0.4) is 0 Å². The first-order valence-corrected chi connectivity index (χ1v) is 5.43. The highest BCUT2D eigenvalue weighted by atomic mass is 35.5. The lowest BCUT2D eigenvalue weighted by atomic mass is 9.97. The first-order valence-electron chi connectivity index (χ1n) is 5.05. The van der Waals surface area contributed by atoms with Crippen molar-refractivity contribution in [2.45, 2.75) is 26.3 Å². The molecule has 0 aromatic heterocycles. The topological polar surface area (TPSA) is 43.1 Å². The number of benzene rings is 1. The summed E-state index contributed by atoms with van der Waals surface area (Å²) in [7, 11) is 0. The number of Topliss-reactive ketones (excluding diaryl/α,β-unsaturated/α-hetero) is 1. The third-order valence-corrected chi connectivity index (χ3v) is 2.70. The minimum absolute atomic E-state index is 0.0758. The first-order chi connectivity index (χ1) is 7.00. The van der Waals surface area contributed by atoms with Gasteiger partial charge in [-0.2, -0.15) is 0 Å². The first kappa shape index (κ1) is 12.2. The molecule has 0 amide bonds. The van der Waals surface area contributed by atoms with Gasteiger partial charge in [-0.25, -0.2) is 0 Å². The quantitative estimate of drug-likeness (QED) is 0.801. The van der Waals surface area contributed by atoms with Gasteiger partial charge < -0.3 is 5.73 Å². The number of carbonyl (C=O) groups excluding carboxylic acids is 1. The largest absolute Gasteiger partial charge is 0.327 e. The SMILES string of the molecule is CC(C)C(N)CC(=O)c1ccc(Cl)cc1. The summed E-state index contributed by atoms with van der Waals surface area (Å²) < 4.78 is 0. The van der Waals surface area contributed by atoms with Crippen molar-refractivity contribution in [3.05, 3.63) is 34.9 Å². The highest BCUT2D eigenvalue weighted by Crippen LogP contribution is 2.13. The van der Waals surface area contributed by atoms with Crippen LogP contribution in [0, 0.1) is 5.92 Å². The molecule has 2 nitrogen and oxygen atoms in total. The van der Waals surface area contributed by atoms with Crippen molar-refractivity contribution in [3.63, 3.8) is 0 Å². The molecule has 1 aromatic carbocycles. The van der Waals surface area contributed by atoms with Gasteiger partial charge in [0.15, 0.2) is 5.78 Å². The van der Waals surface area contributed by atoms with E-state index in [4.69, 9.17) is 17.3 Å². The summed E-state index contributed by atoms with van der Waals surface area (Å²) in [6, 6.07) is 6.83.